The SMILES string of the molecule is CCC(CC)(CC)NS(=O)(=O)c1ccn[nH]1. The summed E-state index contributed by atoms with van der Waals surface area (Å²) < 4.78 is 26.8. The van der Waals surface area contributed by atoms with Crippen LogP contribution in [0.25, 0.3) is 0 Å². The predicted molar refractivity (Wildman–Crippen MR) is 62.5 cm³/mol. The Hall–Kier alpha value is -0.880. The quantitative estimate of drug-likeness (QED) is 0.800. The van der Waals surface area contributed by atoms with E-state index in [1.807, 2.05) is 20.8 Å². The molecule has 2 N–H and O–H groups in total. The molecule has 0 radical (unpaired) electrons. The Morgan fingerprint density at radius 3 is 2.25 bits per heavy atom. The van der Waals surface area contributed by atoms with Crippen molar-refractivity contribution in [1.29, 1.82) is 0 Å². The molecule has 0 fully saturated rings. The fourth-order valence-corrected chi connectivity index (χ4v) is 3.23. The number of H-pyrrole nitrogens is 1. The zero-order valence-electron chi connectivity index (χ0n) is 9.95. The molecule has 0 aliphatic rings. The Bertz CT molecular complexity index is 399. The van der Waals surface area contributed by atoms with Gasteiger partial charge in [-0.2, -0.15) is 5.10 Å². The fourth-order valence-electron chi connectivity index (χ4n) is 1.70. The van der Waals surface area contributed by atoms with Crippen LogP contribution in [0.3, 0.4) is 0 Å². The monoisotopic (exact) mass is 245 g/mol. The van der Waals surface area contributed by atoms with Crippen molar-refractivity contribution in [3.8, 4) is 0 Å². The lowest BCUT2D eigenvalue weighted by Crippen LogP contribution is -2.47. The van der Waals surface area contributed by atoms with Crippen LogP contribution in [-0.4, -0.2) is 24.2 Å². The van der Waals surface area contributed by atoms with Crippen molar-refractivity contribution in [2.24, 2.45) is 0 Å². The summed E-state index contributed by atoms with van der Waals surface area (Å²) in [5, 5.41) is 6.24. The van der Waals surface area contributed by atoms with Gasteiger partial charge in [0.05, 0.1) is 6.20 Å². The average molecular weight is 245 g/mol. The Morgan fingerprint density at radius 2 is 1.88 bits per heavy atom. The van der Waals surface area contributed by atoms with Crippen molar-refractivity contribution < 1.29 is 8.42 Å². The summed E-state index contributed by atoms with van der Waals surface area (Å²) in [6.45, 7) is 5.97. The van der Waals surface area contributed by atoms with Gasteiger partial charge in [0.1, 0.15) is 0 Å². The maximum absolute atomic E-state index is 12.0. The van der Waals surface area contributed by atoms with Crippen LogP contribution in [0.15, 0.2) is 17.3 Å². The second kappa shape index (κ2) is 4.97. The first kappa shape index (κ1) is 13.2. The highest BCUT2D eigenvalue weighted by Gasteiger charge is 2.30. The average Bonchev–Trinajstić information content (AvgIpc) is 2.80. The van der Waals surface area contributed by atoms with E-state index >= 15 is 0 Å². The van der Waals surface area contributed by atoms with E-state index < -0.39 is 10.0 Å². The third-order valence-electron chi connectivity index (χ3n) is 3.15. The molecule has 0 aliphatic heterocycles. The standard InChI is InChI=1S/C10H19N3O2S/c1-4-10(5-2,6-3)13-16(14,15)9-7-8-11-12-9/h7-8,13H,4-6H2,1-3H3,(H,11,12). The third kappa shape index (κ3) is 2.62. The number of sulfonamides is 1. The third-order valence-corrected chi connectivity index (χ3v) is 4.65. The molecule has 0 bridgehead atoms. The number of aromatic amines is 1. The second-order valence-electron chi connectivity index (χ2n) is 3.87. The van der Waals surface area contributed by atoms with Gasteiger partial charge in [-0.05, 0) is 25.3 Å². The van der Waals surface area contributed by atoms with Crippen molar-refractivity contribution in [3.63, 3.8) is 0 Å². The molecule has 1 aromatic rings. The largest absolute Gasteiger partial charge is 0.266 e. The highest BCUT2D eigenvalue weighted by atomic mass is 32.2. The van der Waals surface area contributed by atoms with Gasteiger partial charge in [0.25, 0.3) is 10.0 Å². The summed E-state index contributed by atoms with van der Waals surface area (Å²) in [6, 6.07) is 1.45. The minimum Gasteiger partial charge on any atom is -0.266 e. The zero-order chi connectivity index (χ0) is 12.2. The van der Waals surface area contributed by atoms with Crippen LogP contribution in [0.1, 0.15) is 40.0 Å². The van der Waals surface area contributed by atoms with Crippen LogP contribution in [0.4, 0.5) is 0 Å². The van der Waals surface area contributed by atoms with E-state index in [9.17, 15) is 8.42 Å². The molecule has 0 saturated heterocycles. The Labute approximate surface area is 96.7 Å². The van der Waals surface area contributed by atoms with E-state index in [1.165, 1.54) is 12.3 Å². The zero-order valence-corrected chi connectivity index (χ0v) is 10.8. The maximum atomic E-state index is 12.0. The van der Waals surface area contributed by atoms with E-state index in [0.29, 0.717) is 0 Å². The molecule has 0 aromatic carbocycles. The normalized spacial score (nSPS) is 12.9. The number of nitrogens with one attached hydrogen (secondary N) is 2. The summed E-state index contributed by atoms with van der Waals surface area (Å²) in [4.78, 5) is 0. The van der Waals surface area contributed by atoms with E-state index in [1.54, 1.807) is 0 Å². The lowest BCUT2D eigenvalue weighted by molar-refractivity contribution is 0.341. The first-order valence-electron chi connectivity index (χ1n) is 5.53. The number of aromatic nitrogens is 2. The first-order valence-corrected chi connectivity index (χ1v) is 7.01. The predicted octanol–water partition coefficient (Wildman–Crippen LogP) is 1.66. The Balaban J connectivity index is 2.96. The van der Waals surface area contributed by atoms with Gasteiger partial charge in [-0.1, -0.05) is 20.8 Å². The fraction of sp³-hybridized carbons (Fsp3) is 0.700. The second-order valence-corrected chi connectivity index (χ2v) is 5.52. The molecule has 0 atom stereocenters. The molecular weight excluding hydrogens is 226 g/mol. The van der Waals surface area contributed by atoms with Gasteiger partial charge in [-0.15, -0.1) is 0 Å². The number of hydrogen-bond acceptors (Lipinski definition) is 3. The molecule has 0 unspecified atom stereocenters. The van der Waals surface area contributed by atoms with Crippen LogP contribution in [-0.2, 0) is 10.0 Å². The molecule has 5 nitrogen and oxygen atoms in total. The number of rotatable bonds is 6. The minimum absolute atomic E-state index is 0.118. The van der Waals surface area contributed by atoms with Gasteiger partial charge in [0.2, 0.25) is 0 Å². The summed E-state index contributed by atoms with van der Waals surface area (Å²) in [7, 11) is -3.48. The van der Waals surface area contributed by atoms with Crippen molar-refractivity contribution in [2.75, 3.05) is 0 Å². The highest BCUT2D eigenvalue weighted by Crippen LogP contribution is 2.22. The molecule has 1 heterocycles. The van der Waals surface area contributed by atoms with E-state index in [0.717, 1.165) is 19.3 Å². The number of hydrogen-bond donors (Lipinski definition) is 2. The maximum Gasteiger partial charge on any atom is 0.257 e. The summed E-state index contributed by atoms with van der Waals surface area (Å²) in [6.07, 6.45) is 3.74. The van der Waals surface area contributed by atoms with Crippen LogP contribution in [0, 0.1) is 0 Å². The van der Waals surface area contributed by atoms with E-state index in [-0.39, 0.29) is 10.6 Å². The lowest BCUT2D eigenvalue weighted by Gasteiger charge is -2.30. The molecule has 1 aromatic heterocycles. The summed E-state index contributed by atoms with van der Waals surface area (Å²) in [5.74, 6) is 0. The van der Waals surface area contributed by atoms with Crippen LogP contribution in [0.5, 0.6) is 0 Å². The topological polar surface area (TPSA) is 74.8 Å². The molecule has 6 heteroatoms. The molecule has 1 rings (SSSR count). The molecule has 0 saturated carbocycles. The van der Waals surface area contributed by atoms with Crippen molar-refractivity contribution in [1.82, 2.24) is 14.9 Å². The smallest absolute Gasteiger partial charge is 0.257 e. The number of nitrogens with zero attached hydrogens (tertiary/aromatic N) is 1. The first-order chi connectivity index (χ1) is 7.49. The molecule has 92 valence electrons. The van der Waals surface area contributed by atoms with Crippen LogP contribution in [0.2, 0.25) is 0 Å². The van der Waals surface area contributed by atoms with E-state index in [2.05, 4.69) is 14.9 Å². The van der Waals surface area contributed by atoms with Gasteiger partial charge in [0.15, 0.2) is 5.03 Å². The van der Waals surface area contributed by atoms with Crippen molar-refractivity contribution >= 4 is 10.0 Å². The molecule has 0 aliphatic carbocycles. The van der Waals surface area contributed by atoms with Crippen molar-refractivity contribution in [3.05, 3.63) is 12.3 Å². The van der Waals surface area contributed by atoms with Gasteiger partial charge in [-0.3, -0.25) is 5.10 Å². The molecular formula is C10H19N3O2S. The van der Waals surface area contributed by atoms with Crippen LogP contribution < -0.4 is 4.72 Å². The lowest BCUT2D eigenvalue weighted by atomic mass is 9.91. The van der Waals surface area contributed by atoms with Gasteiger partial charge in [0, 0.05) is 5.54 Å². The summed E-state index contributed by atoms with van der Waals surface area (Å²) in [5.41, 5.74) is -0.357. The van der Waals surface area contributed by atoms with E-state index in [4.69, 9.17) is 0 Å². The van der Waals surface area contributed by atoms with Gasteiger partial charge in [-0.25, -0.2) is 13.1 Å². The summed E-state index contributed by atoms with van der Waals surface area (Å²) >= 11 is 0. The molecule has 0 amide bonds. The Kier molecular flexibility index (Phi) is 4.09. The van der Waals surface area contributed by atoms with Gasteiger partial charge < -0.3 is 0 Å². The highest BCUT2D eigenvalue weighted by molar-refractivity contribution is 7.89. The molecule has 0 spiro atoms. The van der Waals surface area contributed by atoms with Crippen molar-refractivity contribution in [2.45, 2.75) is 50.6 Å². The minimum atomic E-state index is -3.48. The van der Waals surface area contributed by atoms with Gasteiger partial charge >= 0.3 is 0 Å². The van der Waals surface area contributed by atoms with Crippen LogP contribution >= 0.6 is 0 Å². The Morgan fingerprint density at radius 1 is 1.31 bits per heavy atom. The molecule has 16 heavy (non-hydrogen) atoms.